The molecular weight excluding hydrogens is 314 g/mol. The van der Waals surface area contributed by atoms with Crippen LogP contribution in [0.2, 0.25) is 0 Å². The summed E-state index contributed by atoms with van der Waals surface area (Å²) in [7, 11) is 1.89. The first kappa shape index (κ1) is 18.4. The van der Waals surface area contributed by atoms with E-state index in [-0.39, 0.29) is 23.3 Å². The lowest BCUT2D eigenvalue weighted by atomic mass is 9.79. The second kappa shape index (κ2) is 6.40. The summed E-state index contributed by atoms with van der Waals surface area (Å²) in [5, 5.41) is 9.95. The highest BCUT2D eigenvalue weighted by molar-refractivity contribution is 5.93. The topological polar surface area (TPSA) is 49.8 Å². The fourth-order valence-electron chi connectivity index (χ4n) is 4.51. The lowest BCUT2D eigenvalue weighted by Gasteiger charge is -2.39. The Bertz CT molecular complexity index is 631. The van der Waals surface area contributed by atoms with Gasteiger partial charge in [0.1, 0.15) is 0 Å². The second-order valence-electron chi connectivity index (χ2n) is 8.76. The first-order valence-corrected chi connectivity index (χ1v) is 9.28. The van der Waals surface area contributed by atoms with E-state index in [9.17, 15) is 9.90 Å². The van der Waals surface area contributed by atoms with Crippen LogP contribution in [-0.2, 0) is 14.9 Å². The molecule has 1 aliphatic carbocycles. The van der Waals surface area contributed by atoms with Crippen LogP contribution >= 0.6 is 0 Å². The minimum atomic E-state index is -0.433. The largest absolute Gasteiger partial charge is 0.396 e. The van der Waals surface area contributed by atoms with Crippen LogP contribution < -0.4 is 0 Å². The molecule has 1 heterocycles. The van der Waals surface area contributed by atoms with Crippen molar-refractivity contribution in [2.45, 2.75) is 45.4 Å². The first-order valence-electron chi connectivity index (χ1n) is 9.28. The van der Waals surface area contributed by atoms with Gasteiger partial charge in [-0.15, -0.1) is 0 Å². The molecule has 4 heteroatoms. The van der Waals surface area contributed by atoms with Crippen molar-refractivity contribution in [1.82, 2.24) is 4.90 Å². The number of aryl methyl sites for hydroxylation is 1. The first-order chi connectivity index (χ1) is 11.8. The monoisotopic (exact) mass is 345 g/mol. The van der Waals surface area contributed by atoms with Crippen LogP contribution in [0.5, 0.6) is 0 Å². The molecule has 1 saturated carbocycles. The molecule has 1 unspecified atom stereocenters. The standard InChI is InChI=1S/C21H31NO3/c1-16-5-7-17(8-6-16)21(13-19(21,2)3)18(24)22(4)14-20(15-23)9-11-25-12-10-20/h5-8,23H,9-15H2,1-4H3. The molecule has 1 N–H and O–H groups in total. The summed E-state index contributed by atoms with van der Waals surface area (Å²) in [4.78, 5) is 15.3. The summed E-state index contributed by atoms with van der Waals surface area (Å²) in [6, 6.07) is 8.39. The number of aliphatic hydroxyl groups excluding tert-OH is 1. The fraction of sp³-hybridized carbons (Fsp3) is 0.667. The van der Waals surface area contributed by atoms with E-state index in [1.165, 1.54) is 5.56 Å². The van der Waals surface area contributed by atoms with Crippen molar-refractivity contribution in [1.29, 1.82) is 0 Å². The Kier molecular flexibility index (Phi) is 4.71. The normalized spacial score (nSPS) is 26.9. The number of ether oxygens (including phenoxy) is 1. The molecule has 3 rings (SSSR count). The third-order valence-electron chi connectivity index (χ3n) is 6.46. The maximum Gasteiger partial charge on any atom is 0.233 e. The van der Waals surface area contributed by atoms with Crippen LogP contribution in [0.1, 0.15) is 44.2 Å². The average molecular weight is 345 g/mol. The predicted molar refractivity (Wildman–Crippen MR) is 98.5 cm³/mol. The van der Waals surface area contributed by atoms with E-state index < -0.39 is 5.41 Å². The van der Waals surface area contributed by atoms with E-state index in [0.29, 0.717) is 19.8 Å². The molecule has 0 radical (unpaired) electrons. The maximum atomic E-state index is 13.5. The van der Waals surface area contributed by atoms with Gasteiger partial charge >= 0.3 is 0 Å². The molecule has 0 spiro atoms. The van der Waals surface area contributed by atoms with Crippen molar-refractivity contribution in [3.8, 4) is 0 Å². The zero-order valence-corrected chi connectivity index (χ0v) is 16.0. The zero-order chi connectivity index (χ0) is 18.3. The summed E-state index contributed by atoms with van der Waals surface area (Å²) in [5.74, 6) is 0.181. The number of hydrogen-bond donors (Lipinski definition) is 1. The highest BCUT2D eigenvalue weighted by Gasteiger charge is 2.67. The van der Waals surface area contributed by atoms with Crippen LogP contribution in [0, 0.1) is 17.8 Å². The average Bonchev–Trinajstić information content (AvgIpc) is 3.19. The third kappa shape index (κ3) is 3.11. The van der Waals surface area contributed by atoms with Gasteiger partial charge in [0.15, 0.2) is 0 Å². The molecule has 1 aromatic rings. The van der Waals surface area contributed by atoms with Gasteiger partial charge in [-0.3, -0.25) is 4.79 Å². The Morgan fingerprint density at radius 3 is 2.24 bits per heavy atom. The van der Waals surface area contributed by atoms with Gasteiger partial charge in [0.25, 0.3) is 0 Å². The Balaban J connectivity index is 1.83. The molecule has 1 aromatic carbocycles. The van der Waals surface area contributed by atoms with Gasteiger partial charge in [0.05, 0.1) is 12.0 Å². The number of amides is 1. The highest BCUT2D eigenvalue weighted by atomic mass is 16.5. The van der Waals surface area contributed by atoms with Crippen molar-refractivity contribution < 1.29 is 14.6 Å². The van der Waals surface area contributed by atoms with Crippen molar-refractivity contribution in [2.24, 2.45) is 10.8 Å². The Labute approximate surface area is 151 Å². The fourth-order valence-corrected chi connectivity index (χ4v) is 4.51. The number of benzene rings is 1. The molecular formula is C21H31NO3. The summed E-state index contributed by atoms with van der Waals surface area (Å²) in [5.41, 5.74) is 1.63. The Morgan fingerprint density at radius 2 is 1.76 bits per heavy atom. The van der Waals surface area contributed by atoms with Gasteiger partial charge < -0.3 is 14.7 Å². The molecule has 138 valence electrons. The van der Waals surface area contributed by atoms with E-state index in [1.807, 2.05) is 11.9 Å². The van der Waals surface area contributed by atoms with E-state index in [4.69, 9.17) is 4.74 Å². The van der Waals surface area contributed by atoms with Crippen LogP contribution in [0.25, 0.3) is 0 Å². The molecule has 2 aliphatic rings. The number of likely N-dealkylation sites (N-methyl/N-ethyl adjacent to an activating group) is 1. The van der Waals surface area contributed by atoms with Crippen LogP contribution in [0.4, 0.5) is 0 Å². The van der Waals surface area contributed by atoms with E-state index in [1.54, 1.807) is 0 Å². The van der Waals surface area contributed by atoms with Gasteiger partial charge in [-0.1, -0.05) is 43.7 Å². The van der Waals surface area contributed by atoms with Crippen molar-refractivity contribution in [3.63, 3.8) is 0 Å². The summed E-state index contributed by atoms with van der Waals surface area (Å²) in [6.45, 7) is 8.45. The van der Waals surface area contributed by atoms with Crippen LogP contribution in [0.15, 0.2) is 24.3 Å². The molecule has 1 aliphatic heterocycles. The van der Waals surface area contributed by atoms with Gasteiger partial charge in [-0.25, -0.2) is 0 Å². The molecule has 0 aromatic heterocycles. The second-order valence-corrected chi connectivity index (χ2v) is 8.76. The lowest BCUT2D eigenvalue weighted by molar-refractivity contribution is -0.137. The number of nitrogens with zero attached hydrogens (tertiary/aromatic N) is 1. The van der Waals surface area contributed by atoms with E-state index >= 15 is 0 Å². The molecule has 4 nitrogen and oxygen atoms in total. The number of hydrogen-bond acceptors (Lipinski definition) is 3. The maximum absolute atomic E-state index is 13.5. The van der Waals surface area contributed by atoms with Crippen molar-refractivity contribution in [2.75, 3.05) is 33.4 Å². The summed E-state index contributed by atoms with van der Waals surface area (Å²) in [6.07, 6.45) is 2.49. The number of carbonyl (C=O) groups excluding carboxylic acids is 1. The molecule has 1 amide bonds. The van der Waals surface area contributed by atoms with Gasteiger partial charge in [-0.2, -0.15) is 0 Å². The smallest absolute Gasteiger partial charge is 0.233 e. The molecule has 1 saturated heterocycles. The number of carbonyl (C=O) groups is 1. The van der Waals surface area contributed by atoms with E-state index in [0.717, 1.165) is 24.8 Å². The lowest BCUT2D eigenvalue weighted by Crippen LogP contribution is -2.48. The SMILES string of the molecule is Cc1ccc(C2(C(=O)N(C)CC3(CO)CCOCC3)CC2(C)C)cc1. The molecule has 2 fully saturated rings. The number of rotatable bonds is 5. The summed E-state index contributed by atoms with van der Waals surface area (Å²) < 4.78 is 5.45. The highest BCUT2D eigenvalue weighted by Crippen LogP contribution is 2.65. The quantitative estimate of drug-likeness (QED) is 0.893. The van der Waals surface area contributed by atoms with Crippen LogP contribution in [-0.4, -0.2) is 49.3 Å². The zero-order valence-electron chi connectivity index (χ0n) is 16.0. The van der Waals surface area contributed by atoms with Crippen molar-refractivity contribution in [3.05, 3.63) is 35.4 Å². The number of aliphatic hydroxyl groups is 1. The van der Waals surface area contributed by atoms with Gasteiger partial charge in [0, 0.05) is 32.2 Å². The Morgan fingerprint density at radius 1 is 1.20 bits per heavy atom. The van der Waals surface area contributed by atoms with Crippen LogP contribution in [0.3, 0.4) is 0 Å². The predicted octanol–water partition coefficient (Wildman–Crippen LogP) is 2.91. The molecule has 0 bridgehead atoms. The van der Waals surface area contributed by atoms with Gasteiger partial charge in [0.2, 0.25) is 5.91 Å². The third-order valence-corrected chi connectivity index (χ3v) is 6.46. The minimum absolute atomic E-state index is 0.0321. The Hall–Kier alpha value is -1.39. The van der Waals surface area contributed by atoms with Gasteiger partial charge in [-0.05, 0) is 37.2 Å². The minimum Gasteiger partial charge on any atom is -0.396 e. The van der Waals surface area contributed by atoms with Crippen molar-refractivity contribution >= 4 is 5.91 Å². The van der Waals surface area contributed by atoms with E-state index in [2.05, 4.69) is 45.0 Å². The molecule has 25 heavy (non-hydrogen) atoms. The molecule has 1 atom stereocenters. The summed E-state index contributed by atoms with van der Waals surface area (Å²) >= 11 is 0.